The van der Waals surface area contributed by atoms with E-state index in [2.05, 4.69) is 18.8 Å². The van der Waals surface area contributed by atoms with Crippen molar-refractivity contribution >= 4 is 5.91 Å². The predicted molar refractivity (Wildman–Crippen MR) is 85.1 cm³/mol. The highest BCUT2D eigenvalue weighted by atomic mass is 16.5. The van der Waals surface area contributed by atoms with Gasteiger partial charge in [-0.1, -0.05) is 13.8 Å². The van der Waals surface area contributed by atoms with Crippen molar-refractivity contribution in [2.45, 2.75) is 39.7 Å². The van der Waals surface area contributed by atoms with Gasteiger partial charge in [-0.2, -0.15) is 0 Å². The molecule has 0 spiro atoms. The SMILES string of the molecule is CCOc1ccc(C(=O)N2CCC(OCC(C)C)CC2)cn1. The Morgan fingerprint density at radius 3 is 2.64 bits per heavy atom. The van der Waals surface area contributed by atoms with Crippen LogP contribution in [0, 0.1) is 5.92 Å². The second-order valence-electron chi connectivity index (χ2n) is 6.04. The maximum Gasteiger partial charge on any atom is 0.255 e. The molecule has 2 rings (SSSR count). The summed E-state index contributed by atoms with van der Waals surface area (Å²) in [4.78, 5) is 18.5. The maximum atomic E-state index is 12.4. The minimum atomic E-state index is 0.0397. The van der Waals surface area contributed by atoms with Crippen LogP contribution in [-0.2, 0) is 4.74 Å². The number of likely N-dealkylation sites (tertiary alicyclic amines) is 1. The quantitative estimate of drug-likeness (QED) is 0.811. The third kappa shape index (κ3) is 4.70. The zero-order chi connectivity index (χ0) is 15.9. The van der Waals surface area contributed by atoms with E-state index in [0.29, 0.717) is 24.0 Å². The molecule has 0 saturated carbocycles. The number of amides is 1. The summed E-state index contributed by atoms with van der Waals surface area (Å²) in [6.45, 7) is 9.07. The van der Waals surface area contributed by atoms with Crippen molar-refractivity contribution < 1.29 is 14.3 Å². The zero-order valence-corrected chi connectivity index (χ0v) is 13.7. The molecule has 0 atom stereocenters. The number of hydrogen-bond acceptors (Lipinski definition) is 4. The van der Waals surface area contributed by atoms with Crippen molar-refractivity contribution in [1.29, 1.82) is 0 Å². The van der Waals surface area contributed by atoms with Crippen LogP contribution in [0.4, 0.5) is 0 Å². The van der Waals surface area contributed by atoms with Crippen LogP contribution in [0.2, 0.25) is 0 Å². The fourth-order valence-corrected chi connectivity index (χ4v) is 2.48. The molecular weight excluding hydrogens is 280 g/mol. The third-order valence-electron chi connectivity index (χ3n) is 3.67. The minimum absolute atomic E-state index is 0.0397. The van der Waals surface area contributed by atoms with E-state index in [0.717, 1.165) is 32.5 Å². The molecule has 1 saturated heterocycles. The summed E-state index contributed by atoms with van der Waals surface area (Å²) < 4.78 is 11.1. The highest BCUT2D eigenvalue weighted by Crippen LogP contribution is 2.17. The van der Waals surface area contributed by atoms with Crippen molar-refractivity contribution in [2.24, 2.45) is 5.92 Å². The molecule has 0 N–H and O–H groups in total. The van der Waals surface area contributed by atoms with Gasteiger partial charge in [0, 0.05) is 32.0 Å². The van der Waals surface area contributed by atoms with Gasteiger partial charge in [-0.05, 0) is 31.7 Å². The van der Waals surface area contributed by atoms with Crippen LogP contribution in [0.15, 0.2) is 18.3 Å². The lowest BCUT2D eigenvalue weighted by atomic mass is 10.1. The highest BCUT2D eigenvalue weighted by molar-refractivity contribution is 5.94. The Morgan fingerprint density at radius 2 is 2.09 bits per heavy atom. The molecule has 0 bridgehead atoms. The topological polar surface area (TPSA) is 51.7 Å². The van der Waals surface area contributed by atoms with Crippen LogP contribution in [0.3, 0.4) is 0 Å². The molecule has 22 heavy (non-hydrogen) atoms. The molecule has 2 heterocycles. The summed E-state index contributed by atoms with van der Waals surface area (Å²) >= 11 is 0. The normalized spacial score (nSPS) is 16.1. The van der Waals surface area contributed by atoms with Gasteiger partial charge in [0.05, 0.1) is 18.3 Å². The summed E-state index contributed by atoms with van der Waals surface area (Å²) in [6, 6.07) is 3.52. The maximum absolute atomic E-state index is 12.4. The van der Waals surface area contributed by atoms with E-state index in [4.69, 9.17) is 9.47 Å². The first kappa shape index (κ1) is 16.7. The van der Waals surface area contributed by atoms with Crippen LogP contribution in [-0.4, -0.2) is 48.2 Å². The number of ether oxygens (including phenoxy) is 2. The number of aromatic nitrogens is 1. The van der Waals surface area contributed by atoms with E-state index >= 15 is 0 Å². The lowest BCUT2D eigenvalue weighted by Crippen LogP contribution is -2.41. The Bertz CT molecular complexity index is 465. The van der Waals surface area contributed by atoms with E-state index < -0.39 is 0 Å². The van der Waals surface area contributed by atoms with Gasteiger partial charge in [-0.3, -0.25) is 4.79 Å². The summed E-state index contributed by atoms with van der Waals surface area (Å²) in [5.41, 5.74) is 0.616. The Kier molecular flexibility index (Phi) is 6.19. The first-order valence-corrected chi connectivity index (χ1v) is 8.10. The molecule has 1 fully saturated rings. The molecule has 5 nitrogen and oxygen atoms in total. The lowest BCUT2D eigenvalue weighted by Gasteiger charge is -2.32. The van der Waals surface area contributed by atoms with Gasteiger partial charge in [0.15, 0.2) is 0 Å². The molecule has 5 heteroatoms. The lowest BCUT2D eigenvalue weighted by molar-refractivity contribution is -0.00231. The molecular formula is C17H26N2O3. The van der Waals surface area contributed by atoms with Gasteiger partial charge < -0.3 is 14.4 Å². The average molecular weight is 306 g/mol. The Balaban J connectivity index is 1.84. The van der Waals surface area contributed by atoms with Crippen LogP contribution in [0.1, 0.15) is 44.0 Å². The van der Waals surface area contributed by atoms with Crippen LogP contribution in [0.5, 0.6) is 5.88 Å². The molecule has 0 aromatic carbocycles. The zero-order valence-electron chi connectivity index (χ0n) is 13.7. The molecule has 0 radical (unpaired) electrons. The first-order valence-electron chi connectivity index (χ1n) is 8.10. The van der Waals surface area contributed by atoms with Crippen molar-refractivity contribution in [1.82, 2.24) is 9.88 Å². The van der Waals surface area contributed by atoms with Gasteiger partial charge in [-0.15, -0.1) is 0 Å². The van der Waals surface area contributed by atoms with Gasteiger partial charge in [0.2, 0.25) is 5.88 Å². The van der Waals surface area contributed by atoms with Crippen molar-refractivity contribution in [3.63, 3.8) is 0 Å². The van der Waals surface area contributed by atoms with Crippen LogP contribution in [0.25, 0.3) is 0 Å². The molecule has 0 unspecified atom stereocenters. The van der Waals surface area contributed by atoms with Gasteiger partial charge >= 0.3 is 0 Å². The van der Waals surface area contributed by atoms with E-state index in [1.54, 1.807) is 18.3 Å². The van der Waals surface area contributed by atoms with Crippen LogP contribution >= 0.6 is 0 Å². The number of carbonyl (C=O) groups excluding carboxylic acids is 1. The Labute approximate surface area is 132 Å². The standard InChI is InChI=1S/C17H26N2O3/c1-4-21-16-6-5-14(11-18-16)17(20)19-9-7-15(8-10-19)22-12-13(2)3/h5-6,11,13,15H,4,7-10,12H2,1-3H3. The number of rotatable bonds is 6. The largest absolute Gasteiger partial charge is 0.478 e. The summed E-state index contributed by atoms with van der Waals surface area (Å²) in [5.74, 6) is 1.15. The second-order valence-corrected chi connectivity index (χ2v) is 6.04. The molecule has 1 aliphatic heterocycles. The highest BCUT2D eigenvalue weighted by Gasteiger charge is 2.24. The van der Waals surface area contributed by atoms with Crippen molar-refractivity contribution in [3.05, 3.63) is 23.9 Å². The molecule has 0 aliphatic carbocycles. The van der Waals surface area contributed by atoms with E-state index in [1.807, 2.05) is 11.8 Å². The van der Waals surface area contributed by atoms with E-state index in [-0.39, 0.29) is 12.0 Å². The van der Waals surface area contributed by atoms with Crippen molar-refractivity contribution in [3.8, 4) is 5.88 Å². The van der Waals surface area contributed by atoms with E-state index in [9.17, 15) is 4.79 Å². The van der Waals surface area contributed by atoms with E-state index in [1.165, 1.54) is 0 Å². The Hall–Kier alpha value is -1.62. The molecule has 122 valence electrons. The Morgan fingerprint density at radius 1 is 1.36 bits per heavy atom. The monoisotopic (exact) mass is 306 g/mol. The predicted octanol–water partition coefficient (Wildman–Crippen LogP) is 2.76. The smallest absolute Gasteiger partial charge is 0.255 e. The average Bonchev–Trinajstić information content (AvgIpc) is 2.54. The molecule has 1 aromatic heterocycles. The number of hydrogen-bond donors (Lipinski definition) is 0. The molecule has 1 amide bonds. The van der Waals surface area contributed by atoms with Gasteiger partial charge in [0.25, 0.3) is 5.91 Å². The fraction of sp³-hybridized carbons (Fsp3) is 0.647. The third-order valence-corrected chi connectivity index (χ3v) is 3.67. The minimum Gasteiger partial charge on any atom is -0.478 e. The molecule has 1 aromatic rings. The fourth-order valence-electron chi connectivity index (χ4n) is 2.48. The number of carbonyl (C=O) groups is 1. The molecule has 1 aliphatic rings. The van der Waals surface area contributed by atoms with Gasteiger partial charge in [0.1, 0.15) is 0 Å². The van der Waals surface area contributed by atoms with Crippen molar-refractivity contribution in [2.75, 3.05) is 26.3 Å². The summed E-state index contributed by atoms with van der Waals surface area (Å²) in [7, 11) is 0. The number of pyridine rings is 1. The number of nitrogens with zero attached hydrogens (tertiary/aromatic N) is 2. The first-order chi connectivity index (χ1) is 10.6. The second kappa shape index (κ2) is 8.13. The summed E-state index contributed by atoms with van der Waals surface area (Å²) in [5, 5.41) is 0. The number of piperidine rings is 1. The summed E-state index contributed by atoms with van der Waals surface area (Å²) in [6.07, 6.45) is 3.69. The van der Waals surface area contributed by atoms with Crippen LogP contribution < -0.4 is 4.74 Å². The van der Waals surface area contributed by atoms with Gasteiger partial charge in [-0.25, -0.2) is 4.98 Å².